The second-order valence-electron chi connectivity index (χ2n) is 7.49. The number of nitrogens with zero attached hydrogens (tertiary/aromatic N) is 1. The van der Waals surface area contributed by atoms with Crippen molar-refractivity contribution in [1.82, 2.24) is 4.90 Å². The molecule has 0 N–H and O–H groups in total. The van der Waals surface area contributed by atoms with E-state index in [0.717, 1.165) is 0 Å². The third kappa shape index (κ3) is 3.96. The molecule has 0 aromatic carbocycles. The Labute approximate surface area is 122 Å². The molecule has 0 bridgehead atoms. The highest BCUT2D eigenvalue weighted by atomic mass is 79.9. The first-order valence-corrected chi connectivity index (χ1v) is 8.96. The molecular formula is C16H30BrN. The Kier molecular flexibility index (Phi) is 5.16. The first-order chi connectivity index (χ1) is 8.55. The van der Waals surface area contributed by atoms with Gasteiger partial charge in [0.05, 0.1) is 0 Å². The zero-order chi connectivity index (χ0) is 13.1. The summed E-state index contributed by atoms with van der Waals surface area (Å²) < 4.78 is 0. The van der Waals surface area contributed by atoms with Crippen molar-refractivity contribution in [2.24, 2.45) is 10.8 Å². The maximum absolute atomic E-state index is 3.81. The minimum absolute atomic E-state index is 0.572. The van der Waals surface area contributed by atoms with E-state index < -0.39 is 0 Å². The van der Waals surface area contributed by atoms with Gasteiger partial charge in [-0.3, -0.25) is 0 Å². The standard InChI is InChI=1S/C16H30BrN/c1-15(2)7-6-11-18(12-10-15)14-16(13-17)8-4-3-5-9-16/h3-14H2,1-2H3. The molecule has 1 heterocycles. The second-order valence-corrected chi connectivity index (χ2v) is 8.05. The predicted octanol–water partition coefficient (Wildman–Crippen LogP) is 4.84. The number of hydrogen-bond donors (Lipinski definition) is 0. The minimum atomic E-state index is 0.572. The van der Waals surface area contributed by atoms with Crippen molar-refractivity contribution in [2.45, 2.75) is 65.2 Å². The van der Waals surface area contributed by atoms with E-state index in [1.165, 1.54) is 76.3 Å². The molecule has 0 spiro atoms. The number of halogens is 1. The van der Waals surface area contributed by atoms with Crippen LogP contribution in [-0.4, -0.2) is 29.9 Å². The van der Waals surface area contributed by atoms with Gasteiger partial charge in [-0.05, 0) is 56.0 Å². The molecular weight excluding hydrogens is 286 g/mol. The fourth-order valence-electron chi connectivity index (χ4n) is 3.75. The molecule has 1 saturated carbocycles. The predicted molar refractivity (Wildman–Crippen MR) is 83.4 cm³/mol. The largest absolute Gasteiger partial charge is 0.303 e. The van der Waals surface area contributed by atoms with Crippen molar-refractivity contribution < 1.29 is 0 Å². The van der Waals surface area contributed by atoms with E-state index in [0.29, 0.717) is 10.8 Å². The lowest BCUT2D eigenvalue weighted by atomic mass is 9.75. The summed E-state index contributed by atoms with van der Waals surface area (Å²) in [5.41, 5.74) is 1.16. The van der Waals surface area contributed by atoms with Crippen molar-refractivity contribution in [1.29, 1.82) is 0 Å². The number of alkyl halides is 1. The van der Waals surface area contributed by atoms with E-state index in [-0.39, 0.29) is 0 Å². The van der Waals surface area contributed by atoms with Gasteiger partial charge in [0.2, 0.25) is 0 Å². The van der Waals surface area contributed by atoms with Crippen LogP contribution in [0.5, 0.6) is 0 Å². The van der Waals surface area contributed by atoms with Gasteiger partial charge in [-0.15, -0.1) is 0 Å². The van der Waals surface area contributed by atoms with Crippen LogP contribution in [0.2, 0.25) is 0 Å². The van der Waals surface area contributed by atoms with Crippen LogP contribution in [0.25, 0.3) is 0 Å². The van der Waals surface area contributed by atoms with Gasteiger partial charge in [-0.1, -0.05) is 49.0 Å². The van der Waals surface area contributed by atoms with Crippen LogP contribution in [0.3, 0.4) is 0 Å². The average molecular weight is 316 g/mol. The Morgan fingerprint density at radius 2 is 1.61 bits per heavy atom. The van der Waals surface area contributed by atoms with Crippen LogP contribution in [-0.2, 0) is 0 Å². The molecule has 0 aromatic rings. The highest BCUT2D eigenvalue weighted by Crippen LogP contribution is 2.39. The fraction of sp³-hybridized carbons (Fsp3) is 1.00. The number of hydrogen-bond acceptors (Lipinski definition) is 1. The molecule has 1 nitrogen and oxygen atoms in total. The van der Waals surface area contributed by atoms with E-state index in [1.54, 1.807) is 0 Å². The average Bonchev–Trinajstić information content (AvgIpc) is 2.52. The molecule has 2 fully saturated rings. The lowest BCUT2D eigenvalue weighted by Crippen LogP contribution is -2.41. The molecule has 0 radical (unpaired) electrons. The van der Waals surface area contributed by atoms with Gasteiger partial charge >= 0.3 is 0 Å². The van der Waals surface area contributed by atoms with Crippen LogP contribution in [0.4, 0.5) is 0 Å². The summed E-state index contributed by atoms with van der Waals surface area (Å²) in [4.78, 5) is 2.77. The summed E-state index contributed by atoms with van der Waals surface area (Å²) in [6.07, 6.45) is 11.4. The lowest BCUT2D eigenvalue weighted by Gasteiger charge is -2.40. The summed E-state index contributed by atoms with van der Waals surface area (Å²) in [7, 11) is 0. The highest BCUT2D eigenvalue weighted by Gasteiger charge is 2.34. The zero-order valence-corrected chi connectivity index (χ0v) is 13.9. The first kappa shape index (κ1) is 14.8. The van der Waals surface area contributed by atoms with Crippen LogP contribution in [0.1, 0.15) is 65.2 Å². The van der Waals surface area contributed by atoms with E-state index in [2.05, 4.69) is 34.7 Å². The van der Waals surface area contributed by atoms with E-state index >= 15 is 0 Å². The molecule has 0 atom stereocenters. The molecule has 2 rings (SSSR count). The molecule has 1 aliphatic carbocycles. The summed E-state index contributed by atoms with van der Waals surface area (Å²) in [5.74, 6) is 0. The molecule has 1 saturated heterocycles. The topological polar surface area (TPSA) is 3.24 Å². The highest BCUT2D eigenvalue weighted by molar-refractivity contribution is 9.09. The minimum Gasteiger partial charge on any atom is -0.303 e. The summed E-state index contributed by atoms with van der Waals surface area (Å²) >= 11 is 3.81. The Bertz CT molecular complexity index is 256. The molecule has 0 amide bonds. The maximum Gasteiger partial charge on any atom is 0.0100 e. The van der Waals surface area contributed by atoms with Crippen molar-refractivity contribution in [3.05, 3.63) is 0 Å². The van der Waals surface area contributed by atoms with Crippen molar-refractivity contribution in [2.75, 3.05) is 25.0 Å². The fourth-order valence-corrected chi connectivity index (χ4v) is 4.49. The SMILES string of the molecule is CC1(C)CCCN(CC2(CBr)CCCCC2)CC1. The van der Waals surface area contributed by atoms with Gasteiger partial charge in [-0.2, -0.15) is 0 Å². The molecule has 0 aromatic heterocycles. The van der Waals surface area contributed by atoms with Crippen molar-refractivity contribution in [3.8, 4) is 0 Å². The van der Waals surface area contributed by atoms with Crippen LogP contribution < -0.4 is 0 Å². The Balaban J connectivity index is 1.91. The molecule has 106 valence electrons. The van der Waals surface area contributed by atoms with Crippen molar-refractivity contribution >= 4 is 15.9 Å². The Morgan fingerprint density at radius 1 is 0.889 bits per heavy atom. The molecule has 2 aliphatic rings. The van der Waals surface area contributed by atoms with Gasteiger partial charge in [0.1, 0.15) is 0 Å². The van der Waals surface area contributed by atoms with Gasteiger partial charge in [0.25, 0.3) is 0 Å². The monoisotopic (exact) mass is 315 g/mol. The number of rotatable bonds is 3. The van der Waals surface area contributed by atoms with Crippen molar-refractivity contribution in [3.63, 3.8) is 0 Å². The second kappa shape index (κ2) is 6.26. The quantitative estimate of drug-likeness (QED) is 0.673. The number of likely N-dealkylation sites (tertiary alicyclic amines) is 1. The maximum atomic E-state index is 3.81. The van der Waals surface area contributed by atoms with E-state index in [4.69, 9.17) is 0 Å². The smallest absolute Gasteiger partial charge is 0.0100 e. The third-order valence-corrected chi connectivity index (χ3v) is 6.38. The van der Waals surface area contributed by atoms with Gasteiger partial charge in [0, 0.05) is 11.9 Å². The Morgan fingerprint density at radius 3 is 2.28 bits per heavy atom. The Hall–Kier alpha value is 0.440. The molecule has 2 heteroatoms. The summed E-state index contributed by atoms with van der Waals surface area (Å²) in [5, 5.41) is 1.21. The van der Waals surface area contributed by atoms with E-state index in [1.807, 2.05) is 0 Å². The first-order valence-electron chi connectivity index (χ1n) is 7.84. The normalized spacial score (nSPS) is 28.8. The van der Waals surface area contributed by atoms with Crippen LogP contribution in [0, 0.1) is 10.8 Å². The van der Waals surface area contributed by atoms with Gasteiger partial charge < -0.3 is 4.90 Å². The zero-order valence-electron chi connectivity index (χ0n) is 12.3. The molecule has 1 aliphatic heterocycles. The third-order valence-electron chi connectivity index (χ3n) is 5.19. The summed E-state index contributed by atoms with van der Waals surface area (Å²) in [6, 6.07) is 0. The van der Waals surface area contributed by atoms with Gasteiger partial charge in [0.15, 0.2) is 0 Å². The summed E-state index contributed by atoms with van der Waals surface area (Å²) in [6.45, 7) is 8.88. The molecule has 18 heavy (non-hydrogen) atoms. The van der Waals surface area contributed by atoms with Gasteiger partial charge in [-0.25, -0.2) is 0 Å². The molecule has 0 unspecified atom stereocenters. The lowest BCUT2D eigenvalue weighted by molar-refractivity contribution is 0.126. The van der Waals surface area contributed by atoms with E-state index in [9.17, 15) is 0 Å². The van der Waals surface area contributed by atoms with Crippen LogP contribution >= 0.6 is 15.9 Å². The van der Waals surface area contributed by atoms with Crippen LogP contribution in [0.15, 0.2) is 0 Å².